The SMILES string of the molecule is CC(C)(C)N1CCC(NC2COc3cc(O)ccc32)CC1. The second kappa shape index (κ2) is 5.50. The molecule has 0 spiro atoms. The van der Waals surface area contributed by atoms with Crippen LogP contribution >= 0.6 is 0 Å². The van der Waals surface area contributed by atoms with E-state index in [2.05, 4.69) is 31.0 Å². The normalized spacial score (nSPS) is 23.9. The number of nitrogens with zero attached hydrogens (tertiary/aromatic N) is 1. The Labute approximate surface area is 127 Å². The third-order valence-corrected chi connectivity index (χ3v) is 4.66. The number of fused-ring (bicyclic) bond motifs is 1. The lowest BCUT2D eigenvalue weighted by atomic mass is 9.97. The van der Waals surface area contributed by atoms with Gasteiger partial charge in [0, 0.05) is 36.3 Å². The van der Waals surface area contributed by atoms with Gasteiger partial charge in [0.15, 0.2) is 0 Å². The quantitative estimate of drug-likeness (QED) is 0.879. The molecule has 0 aliphatic carbocycles. The molecule has 2 aliphatic rings. The highest BCUT2D eigenvalue weighted by atomic mass is 16.5. The van der Waals surface area contributed by atoms with Gasteiger partial charge < -0.3 is 15.2 Å². The summed E-state index contributed by atoms with van der Waals surface area (Å²) in [5.74, 6) is 1.09. The van der Waals surface area contributed by atoms with Crippen molar-refractivity contribution in [3.63, 3.8) is 0 Å². The maximum atomic E-state index is 9.50. The molecule has 2 aliphatic heterocycles. The van der Waals surface area contributed by atoms with Crippen LogP contribution in [0.5, 0.6) is 11.5 Å². The molecule has 21 heavy (non-hydrogen) atoms. The number of ether oxygens (including phenoxy) is 1. The van der Waals surface area contributed by atoms with Crippen molar-refractivity contribution < 1.29 is 9.84 Å². The van der Waals surface area contributed by atoms with Crippen molar-refractivity contribution in [2.75, 3.05) is 19.7 Å². The Morgan fingerprint density at radius 2 is 1.95 bits per heavy atom. The molecule has 1 saturated heterocycles. The van der Waals surface area contributed by atoms with Gasteiger partial charge in [-0.25, -0.2) is 0 Å². The van der Waals surface area contributed by atoms with E-state index in [9.17, 15) is 5.11 Å². The molecule has 4 heteroatoms. The van der Waals surface area contributed by atoms with Crippen LogP contribution in [0.15, 0.2) is 18.2 Å². The van der Waals surface area contributed by atoms with Gasteiger partial charge in [-0.1, -0.05) is 0 Å². The predicted octanol–water partition coefficient (Wildman–Crippen LogP) is 2.68. The van der Waals surface area contributed by atoms with E-state index >= 15 is 0 Å². The fraction of sp³-hybridized carbons (Fsp3) is 0.647. The summed E-state index contributed by atoms with van der Waals surface area (Å²) in [7, 11) is 0. The largest absolute Gasteiger partial charge is 0.508 e. The van der Waals surface area contributed by atoms with E-state index in [1.165, 1.54) is 18.4 Å². The van der Waals surface area contributed by atoms with E-state index in [1.807, 2.05) is 6.07 Å². The first-order valence-electron chi connectivity index (χ1n) is 7.90. The molecule has 1 unspecified atom stereocenters. The number of phenols is 1. The number of phenolic OH excluding ortho intramolecular Hbond substituents is 1. The zero-order chi connectivity index (χ0) is 15.0. The standard InChI is InChI=1S/C17H26N2O2/c1-17(2,3)19-8-6-12(7-9-19)18-15-11-21-16-10-13(20)4-5-14(15)16/h4-5,10,12,15,18,20H,6-9,11H2,1-3H3. The predicted molar refractivity (Wildman–Crippen MR) is 83.8 cm³/mol. The minimum absolute atomic E-state index is 0.256. The number of benzene rings is 1. The van der Waals surface area contributed by atoms with Crippen LogP contribution in [0.4, 0.5) is 0 Å². The molecule has 1 fully saturated rings. The summed E-state index contributed by atoms with van der Waals surface area (Å²) in [5.41, 5.74) is 1.44. The van der Waals surface area contributed by atoms with Crippen LogP contribution in [-0.2, 0) is 0 Å². The molecule has 0 bridgehead atoms. The molecule has 0 radical (unpaired) electrons. The minimum Gasteiger partial charge on any atom is -0.508 e. The fourth-order valence-corrected chi connectivity index (χ4v) is 3.34. The maximum Gasteiger partial charge on any atom is 0.127 e. The number of hydrogen-bond donors (Lipinski definition) is 2. The summed E-state index contributed by atoms with van der Waals surface area (Å²) in [6.07, 6.45) is 2.36. The second-order valence-electron chi connectivity index (χ2n) is 7.18. The van der Waals surface area contributed by atoms with Crippen LogP contribution in [0.2, 0.25) is 0 Å². The van der Waals surface area contributed by atoms with Gasteiger partial charge in [-0.3, -0.25) is 4.90 Å². The van der Waals surface area contributed by atoms with Gasteiger partial charge in [0.05, 0.1) is 6.04 Å². The highest BCUT2D eigenvalue weighted by Crippen LogP contribution is 2.35. The van der Waals surface area contributed by atoms with Gasteiger partial charge in [-0.2, -0.15) is 0 Å². The molecule has 1 aromatic carbocycles. The first-order valence-corrected chi connectivity index (χ1v) is 7.90. The summed E-state index contributed by atoms with van der Waals surface area (Å²) in [6, 6.07) is 6.23. The highest BCUT2D eigenvalue weighted by Gasteiger charge is 2.30. The van der Waals surface area contributed by atoms with Gasteiger partial charge in [0.2, 0.25) is 0 Å². The summed E-state index contributed by atoms with van der Waals surface area (Å²) >= 11 is 0. The summed E-state index contributed by atoms with van der Waals surface area (Å²) in [6.45, 7) is 9.82. The molecule has 116 valence electrons. The van der Waals surface area contributed by atoms with E-state index in [1.54, 1.807) is 12.1 Å². The minimum atomic E-state index is 0.256. The summed E-state index contributed by atoms with van der Waals surface area (Å²) in [5, 5.41) is 13.2. The number of nitrogens with one attached hydrogen (secondary N) is 1. The van der Waals surface area contributed by atoms with Gasteiger partial charge >= 0.3 is 0 Å². The molecular formula is C17H26N2O2. The molecule has 2 heterocycles. The fourth-order valence-electron chi connectivity index (χ4n) is 3.34. The maximum absolute atomic E-state index is 9.50. The van der Waals surface area contributed by atoms with Crippen LogP contribution in [0.3, 0.4) is 0 Å². The van der Waals surface area contributed by atoms with Crippen molar-refractivity contribution in [1.29, 1.82) is 0 Å². The average molecular weight is 290 g/mol. The lowest BCUT2D eigenvalue weighted by Crippen LogP contribution is -2.50. The number of aromatic hydroxyl groups is 1. The third kappa shape index (κ3) is 3.16. The van der Waals surface area contributed by atoms with Crippen LogP contribution < -0.4 is 10.1 Å². The first-order chi connectivity index (χ1) is 9.93. The molecule has 0 saturated carbocycles. The summed E-state index contributed by atoms with van der Waals surface area (Å²) < 4.78 is 5.68. The van der Waals surface area contributed by atoms with Crippen molar-refractivity contribution in [2.24, 2.45) is 0 Å². The van der Waals surface area contributed by atoms with Crippen molar-refractivity contribution in [3.05, 3.63) is 23.8 Å². The molecule has 2 N–H and O–H groups in total. The molecule has 0 amide bonds. The Morgan fingerprint density at radius 1 is 1.24 bits per heavy atom. The number of hydrogen-bond acceptors (Lipinski definition) is 4. The van der Waals surface area contributed by atoms with E-state index in [0.717, 1.165) is 18.8 Å². The number of likely N-dealkylation sites (tertiary alicyclic amines) is 1. The van der Waals surface area contributed by atoms with E-state index in [0.29, 0.717) is 12.6 Å². The monoisotopic (exact) mass is 290 g/mol. The van der Waals surface area contributed by atoms with Crippen LogP contribution in [-0.4, -0.2) is 41.3 Å². The summed E-state index contributed by atoms with van der Waals surface area (Å²) in [4.78, 5) is 2.56. The lowest BCUT2D eigenvalue weighted by Gasteiger charge is -2.41. The first kappa shape index (κ1) is 14.7. The molecule has 3 rings (SSSR count). The average Bonchev–Trinajstić information content (AvgIpc) is 2.80. The van der Waals surface area contributed by atoms with Crippen LogP contribution in [0, 0.1) is 0 Å². The lowest BCUT2D eigenvalue weighted by molar-refractivity contribution is 0.0927. The second-order valence-corrected chi connectivity index (χ2v) is 7.18. The number of rotatable bonds is 2. The number of piperidine rings is 1. The Morgan fingerprint density at radius 3 is 2.62 bits per heavy atom. The van der Waals surface area contributed by atoms with Gasteiger partial charge in [0.25, 0.3) is 0 Å². The molecule has 1 atom stereocenters. The molecule has 1 aromatic rings. The zero-order valence-electron chi connectivity index (χ0n) is 13.2. The van der Waals surface area contributed by atoms with Crippen LogP contribution in [0.25, 0.3) is 0 Å². The van der Waals surface area contributed by atoms with Gasteiger partial charge in [0.1, 0.15) is 18.1 Å². The van der Waals surface area contributed by atoms with E-state index in [-0.39, 0.29) is 17.3 Å². The molecular weight excluding hydrogens is 264 g/mol. The van der Waals surface area contributed by atoms with Crippen molar-refractivity contribution >= 4 is 0 Å². The Hall–Kier alpha value is -1.26. The topological polar surface area (TPSA) is 44.7 Å². The molecule has 4 nitrogen and oxygen atoms in total. The van der Waals surface area contributed by atoms with E-state index in [4.69, 9.17) is 4.74 Å². The zero-order valence-corrected chi connectivity index (χ0v) is 13.2. The van der Waals surface area contributed by atoms with Gasteiger partial charge in [-0.15, -0.1) is 0 Å². The molecule has 0 aromatic heterocycles. The van der Waals surface area contributed by atoms with Crippen LogP contribution in [0.1, 0.15) is 45.2 Å². The van der Waals surface area contributed by atoms with Crippen molar-refractivity contribution in [2.45, 2.75) is 51.2 Å². The van der Waals surface area contributed by atoms with Crippen molar-refractivity contribution in [3.8, 4) is 11.5 Å². The Kier molecular flexibility index (Phi) is 3.84. The smallest absolute Gasteiger partial charge is 0.127 e. The Balaban J connectivity index is 1.58. The Bertz CT molecular complexity index is 502. The van der Waals surface area contributed by atoms with Gasteiger partial charge in [-0.05, 0) is 45.7 Å². The van der Waals surface area contributed by atoms with E-state index < -0.39 is 0 Å². The van der Waals surface area contributed by atoms with Crippen molar-refractivity contribution in [1.82, 2.24) is 10.2 Å². The third-order valence-electron chi connectivity index (χ3n) is 4.66. The highest BCUT2D eigenvalue weighted by molar-refractivity contribution is 5.44.